The van der Waals surface area contributed by atoms with Crippen LogP contribution in [0.3, 0.4) is 0 Å². The Hall–Kier alpha value is -1.49. The van der Waals surface area contributed by atoms with E-state index in [1.54, 1.807) is 0 Å². The van der Waals surface area contributed by atoms with Gasteiger partial charge in [0.1, 0.15) is 17.2 Å². The summed E-state index contributed by atoms with van der Waals surface area (Å²) < 4.78 is 27.0. The van der Waals surface area contributed by atoms with Crippen LogP contribution >= 0.6 is 0 Å². The number of likely N-dealkylation sites (tertiary alicyclic amines) is 1. The lowest BCUT2D eigenvalue weighted by molar-refractivity contribution is 0.0913. The number of nitrogens with one attached hydrogen (secondary N) is 1. The minimum Gasteiger partial charge on any atom is -0.350 e. The molecule has 1 N–H and O–H groups in total. The fraction of sp³-hybridized carbons (Fsp3) is 0.562. The Labute approximate surface area is 124 Å². The maximum Gasteiger partial charge on any atom is 0.257 e. The van der Waals surface area contributed by atoms with Crippen LogP contribution < -0.4 is 5.32 Å². The zero-order valence-corrected chi connectivity index (χ0v) is 12.5. The van der Waals surface area contributed by atoms with E-state index in [-0.39, 0.29) is 6.04 Å². The van der Waals surface area contributed by atoms with Gasteiger partial charge in [-0.2, -0.15) is 0 Å². The standard InChI is InChI=1S/C16H22F2N2O/c1-11-6-8-20(9-7-11)12(2)10-19-16(21)15-13(17)4-3-5-14(15)18/h3-5,11-12H,6-10H2,1-2H3,(H,19,21)/t12-/m0/s1. The molecule has 1 aromatic rings. The van der Waals surface area contributed by atoms with Crippen molar-refractivity contribution in [3.63, 3.8) is 0 Å². The zero-order valence-electron chi connectivity index (χ0n) is 12.5. The Bertz CT molecular complexity index is 479. The van der Waals surface area contributed by atoms with Gasteiger partial charge in [0.05, 0.1) is 0 Å². The highest BCUT2D eigenvalue weighted by Crippen LogP contribution is 2.18. The molecule has 1 aliphatic heterocycles. The van der Waals surface area contributed by atoms with Crippen molar-refractivity contribution >= 4 is 5.91 Å². The quantitative estimate of drug-likeness (QED) is 0.926. The summed E-state index contributed by atoms with van der Waals surface area (Å²) in [7, 11) is 0. The van der Waals surface area contributed by atoms with Gasteiger partial charge in [0.2, 0.25) is 0 Å². The minimum absolute atomic E-state index is 0.163. The van der Waals surface area contributed by atoms with E-state index in [1.807, 2.05) is 6.92 Å². The largest absolute Gasteiger partial charge is 0.350 e. The van der Waals surface area contributed by atoms with Crippen LogP contribution in [0.5, 0.6) is 0 Å². The molecule has 2 rings (SSSR count). The molecular weight excluding hydrogens is 274 g/mol. The molecule has 116 valence electrons. The van der Waals surface area contributed by atoms with Crippen molar-refractivity contribution in [2.75, 3.05) is 19.6 Å². The van der Waals surface area contributed by atoms with Crippen molar-refractivity contribution in [3.8, 4) is 0 Å². The molecule has 0 saturated carbocycles. The normalized spacial score (nSPS) is 18.5. The van der Waals surface area contributed by atoms with Gasteiger partial charge in [-0.3, -0.25) is 9.69 Å². The summed E-state index contributed by atoms with van der Waals surface area (Å²) >= 11 is 0. The van der Waals surface area contributed by atoms with Crippen LogP contribution in [0.1, 0.15) is 37.0 Å². The number of nitrogens with zero attached hydrogens (tertiary/aromatic N) is 1. The lowest BCUT2D eigenvalue weighted by Gasteiger charge is -2.35. The van der Waals surface area contributed by atoms with Crippen LogP contribution in [0.25, 0.3) is 0 Å². The van der Waals surface area contributed by atoms with Crippen molar-refractivity contribution in [1.29, 1.82) is 0 Å². The van der Waals surface area contributed by atoms with Crippen molar-refractivity contribution in [2.45, 2.75) is 32.7 Å². The van der Waals surface area contributed by atoms with Crippen molar-refractivity contribution in [1.82, 2.24) is 10.2 Å². The molecule has 0 bridgehead atoms. The first-order chi connectivity index (χ1) is 9.99. The second-order valence-corrected chi connectivity index (χ2v) is 5.87. The molecule has 0 aromatic heterocycles. The van der Waals surface area contributed by atoms with Crippen LogP contribution in [0, 0.1) is 17.6 Å². The fourth-order valence-corrected chi connectivity index (χ4v) is 2.64. The number of piperidine rings is 1. The molecule has 1 saturated heterocycles. The molecule has 5 heteroatoms. The Morgan fingerprint density at radius 1 is 1.33 bits per heavy atom. The molecule has 1 aromatic carbocycles. The van der Waals surface area contributed by atoms with Crippen molar-refractivity contribution < 1.29 is 13.6 Å². The lowest BCUT2D eigenvalue weighted by Crippen LogP contribution is -2.45. The van der Waals surface area contributed by atoms with Crippen molar-refractivity contribution in [3.05, 3.63) is 35.4 Å². The van der Waals surface area contributed by atoms with E-state index in [1.165, 1.54) is 6.07 Å². The Morgan fingerprint density at radius 3 is 2.48 bits per heavy atom. The van der Waals surface area contributed by atoms with Gasteiger partial charge in [-0.15, -0.1) is 0 Å². The van der Waals surface area contributed by atoms with E-state index in [2.05, 4.69) is 17.1 Å². The molecule has 0 radical (unpaired) electrons. The van der Waals surface area contributed by atoms with E-state index in [0.29, 0.717) is 6.54 Å². The second-order valence-electron chi connectivity index (χ2n) is 5.87. The first-order valence-corrected chi connectivity index (χ1v) is 7.45. The third-order valence-corrected chi connectivity index (χ3v) is 4.19. The molecule has 1 aliphatic rings. The molecule has 0 spiro atoms. The summed E-state index contributed by atoms with van der Waals surface area (Å²) in [5, 5.41) is 2.63. The summed E-state index contributed by atoms with van der Waals surface area (Å²) in [5.74, 6) is -1.60. The molecule has 3 nitrogen and oxygen atoms in total. The summed E-state index contributed by atoms with van der Waals surface area (Å²) in [4.78, 5) is 14.2. The summed E-state index contributed by atoms with van der Waals surface area (Å²) in [6.45, 7) is 6.66. The van der Waals surface area contributed by atoms with Crippen LogP contribution in [0.15, 0.2) is 18.2 Å². The highest BCUT2D eigenvalue weighted by Gasteiger charge is 2.22. The van der Waals surface area contributed by atoms with Gasteiger partial charge in [-0.1, -0.05) is 13.0 Å². The Kier molecular flexibility index (Phi) is 5.28. The predicted molar refractivity (Wildman–Crippen MR) is 78.1 cm³/mol. The van der Waals surface area contributed by atoms with Crippen LogP contribution in [-0.2, 0) is 0 Å². The highest BCUT2D eigenvalue weighted by atomic mass is 19.1. The Balaban J connectivity index is 1.89. The topological polar surface area (TPSA) is 32.3 Å². The molecule has 0 aliphatic carbocycles. The molecule has 1 heterocycles. The molecule has 1 amide bonds. The molecule has 1 atom stereocenters. The number of carbonyl (C=O) groups is 1. The number of halogens is 2. The fourth-order valence-electron chi connectivity index (χ4n) is 2.64. The van der Waals surface area contributed by atoms with E-state index >= 15 is 0 Å². The summed E-state index contributed by atoms with van der Waals surface area (Å²) in [5.41, 5.74) is -0.503. The molecule has 1 fully saturated rings. The number of benzene rings is 1. The SMILES string of the molecule is CC1CCN([C@@H](C)CNC(=O)c2c(F)cccc2F)CC1. The Morgan fingerprint density at radius 2 is 1.90 bits per heavy atom. The average Bonchev–Trinajstić information content (AvgIpc) is 2.45. The van der Waals surface area contributed by atoms with Gasteiger partial charge in [-0.25, -0.2) is 8.78 Å². The number of amides is 1. The van der Waals surface area contributed by atoms with Crippen LogP contribution in [0.4, 0.5) is 8.78 Å². The van der Waals surface area contributed by atoms with Crippen molar-refractivity contribution in [2.24, 2.45) is 5.92 Å². The van der Waals surface area contributed by atoms with Crippen LogP contribution in [-0.4, -0.2) is 36.5 Å². The van der Waals surface area contributed by atoms with Gasteiger partial charge in [0, 0.05) is 12.6 Å². The predicted octanol–water partition coefficient (Wildman–Crippen LogP) is 2.82. The smallest absolute Gasteiger partial charge is 0.257 e. The molecular formula is C16H22F2N2O. The van der Waals surface area contributed by atoms with E-state index < -0.39 is 23.1 Å². The van der Waals surface area contributed by atoms with Gasteiger partial charge < -0.3 is 5.32 Å². The van der Waals surface area contributed by atoms with Crippen LogP contribution in [0.2, 0.25) is 0 Å². The van der Waals surface area contributed by atoms with Gasteiger partial charge in [-0.05, 0) is 50.9 Å². The van der Waals surface area contributed by atoms with Gasteiger partial charge in [0.25, 0.3) is 5.91 Å². The summed E-state index contributed by atoms with van der Waals surface area (Å²) in [6, 6.07) is 3.59. The summed E-state index contributed by atoms with van der Waals surface area (Å²) in [6.07, 6.45) is 2.31. The average molecular weight is 296 g/mol. The molecule has 0 unspecified atom stereocenters. The van der Waals surface area contributed by atoms with E-state index in [4.69, 9.17) is 0 Å². The minimum atomic E-state index is -0.827. The highest BCUT2D eigenvalue weighted by molar-refractivity contribution is 5.94. The number of hydrogen-bond donors (Lipinski definition) is 1. The van der Waals surface area contributed by atoms with Gasteiger partial charge >= 0.3 is 0 Å². The monoisotopic (exact) mass is 296 g/mol. The van der Waals surface area contributed by atoms with E-state index in [9.17, 15) is 13.6 Å². The van der Waals surface area contributed by atoms with E-state index in [0.717, 1.165) is 44.0 Å². The number of hydrogen-bond acceptors (Lipinski definition) is 2. The zero-order chi connectivity index (χ0) is 15.4. The maximum atomic E-state index is 13.5. The molecule has 21 heavy (non-hydrogen) atoms. The first-order valence-electron chi connectivity index (χ1n) is 7.45. The third kappa shape index (κ3) is 4.00. The first kappa shape index (κ1) is 15.9. The number of carbonyl (C=O) groups excluding carboxylic acids is 1. The lowest BCUT2D eigenvalue weighted by atomic mass is 9.98. The number of rotatable bonds is 4. The maximum absolute atomic E-state index is 13.5. The second kappa shape index (κ2) is 6.98. The van der Waals surface area contributed by atoms with Gasteiger partial charge in [0.15, 0.2) is 0 Å². The third-order valence-electron chi connectivity index (χ3n) is 4.19.